The normalized spacial score (nSPS) is 25.3. The van der Waals surface area contributed by atoms with Crippen LogP contribution >= 0.6 is 0 Å². The van der Waals surface area contributed by atoms with Crippen molar-refractivity contribution >= 4 is 11.8 Å². The van der Waals surface area contributed by atoms with Crippen molar-refractivity contribution in [3.8, 4) is 0 Å². The van der Waals surface area contributed by atoms with E-state index in [-0.39, 0.29) is 11.8 Å². The van der Waals surface area contributed by atoms with Crippen LogP contribution in [0, 0.1) is 19.8 Å². The van der Waals surface area contributed by atoms with Gasteiger partial charge < -0.3 is 9.80 Å². The van der Waals surface area contributed by atoms with Gasteiger partial charge in [-0.2, -0.15) is 5.10 Å². The van der Waals surface area contributed by atoms with Crippen LogP contribution in [0.1, 0.15) is 37.1 Å². The lowest BCUT2D eigenvalue weighted by atomic mass is 9.88. The molecule has 1 aromatic rings. The quantitative estimate of drug-likeness (QED) is 0.827. The molecule has 3 heterocycles. The Morgan fingerprint density at radius 3 is 2.83 bits per heavy atom. The Kier molecular flexibility index (Phi) is 4.41. The fourth-order valence-electron chi connectivity index (χ4n) is 3.98. The maximum atomic E-state index is 12.6. The molecule has 0 spiro atoms. The Labute approximate surface area is 137 Å². The average Bonchev–Trinajstić information content (AvgIpc) is 2.75. The van der Waals surface area contributed by atoms with E-state index in [0.717, 1.165) is 43.7 Å². The Bertz CT molecular complexity index is 610. The molecule has 0 N–H and O–H groups in total. The van der Waals surface area contributed by atoms with Crippen LogP contribution in [0.4, 0.5) is 0 Å². The summed E-state index contributed by atoms with van der Waals surface area (Å²) in [7, 11) is 1.92. The number of hydrogen-bond acceptors (Lipinski definition) is 3. The molecule has 0 unspecified atom stereocenters. The first kappa shape index (κ1) is 16.0. The van der Waals surface area contributed by atoms with E-state index in [1.807, 2.05) is 36.8 Å². The predicted octanol–water partition coefficient (Wildman–Crippen LogP) is 1.36. The summed E-state index contributed by atoms with van der Waals surface area (Å²) in [5.74, 6) is 0.789. The van der Waals surface area contributed by atoms with Gasteiger partial charge in [0.1, 0.15) is 6.54 Å². The van der Waals surface area contributed by atoms with E-state index < -0.39 is 0 Å². The van der Waals surface area contributed by atoms with Gasteiger partial charge in [0, 0.05) is 38.3 Å². The minimum absolute atomic E-state index is 0.132. The van der Waals surface area contributed by atoms with Gasteiger partial charge in [0.25, 0.3) is 0 Å². The van der Waals surface area contributed by atoms with Gasteiger partial charge in [-0.25, -0.2) is 0 Å². The second-order valence-corrected chi connectivity index (χ2v) is 6.94. The molecule has 2 amide bonds. The Morgan fingerprint density at radius 2 is 2.13 bits per heavy atom. The number of carbonyl (C=O) groups is 2. The highest BCUT2D eigenvalue weighted by molar-refractivity contribution is 5.77. The van der Waals surface area contributed by atoms with Gasteiger partial charge in [0.2, 0.25) is 11.8 Å². The summed E-state index contributed by atoms with van der Waals surface area (Å²) in [6.45, 7) is 5.73. The molecule has 2 fully saturated rings. The van der Waals surface area contributed by atoms with Crippen LogP contribution in [0.25, 0.3) is 0 Å². The Balaban J connectivity index is 1.65. The second kappa shape index (κ2) is 6.34. The van der Waals surface area contributed by atoms with Crippen molar-refractivity contribution in [1.82, 2.24) is 19.6 Å². The number of fused-ring (bicyclic) bond motifs is 1. The number of amides is 2. The molecule has 6 nitrogen and oxygen atoms in total. The molecule has 1 aromatic heterocycles. The number of rotatable bonds is 2. The first-order valence-corrected chi connectivity index (χ1v) is 8.50. The van der Waals surface area contributed by atoms with Gasteiger partial charge in [-0.05, 0) is 45.1 Å². The SMILES string of the molecule is Cc1cc(C)n(CC(=O)N2CC[C@@H]3[C@H](CCCC(=O)N3C)C2)n1. The molecule has 2 aliphatic heterocycles. The molecular formula is C17H26N4O2. The molecule has 0 aromatic carbocycles. The van der Waals surface area contributed by atoms with Crippen LogP contribution in [-0.4, -0.2) is 57.6 Å². The fraction of sp³-hybridized carbons (Fsp3) is 0.706. The van der Waals surface area contributed by atoms with E-state index in [9.17, 15) is 9.59 Å². The molecule has 0 bridgehead atoms. The standard InChI is InChI=1S/C17H26N4O2/c1-12-9-13(2)21(18-12)11-17(23)20-8-7-15-14(10-20)5-4-6-16(22)19(15)3/h9,14-15H,4-8,10-11H2,1-3H3/t14-,15-/m1/s1. The zero-order chi connectivity index (χ0) is 16.6. The summed E-state index contributed by atoms with van der Waals surface area (Å²) in [5, 5.41) is 4.38. The van der Waals surface area contributed by atoms with E-state index in [2.05, 4.69) is 5.10 Å². The summed E-state index contributed by atoms with van der Waals surface area (Å²) in [5.41, 5.74) is 1.96. The fourth-order valence-corrected chi connectivity index (χ4v) is 3.98. The number of hydrogen-bond donors (Lipinski definition) is 0. The highest BCUT2D eigenvalue weighted by Gasteiger charge is 2.36. The smallest absolute Gasteiger partial charge is 0.244 e. The monoisotopic (exact) mass is 318 g/mol. The first-order valence-electron chi connectivity index (χ1n) is 8.50. The number of nitrogens with zero attached hydrogens (tertiary/aromatic N) is 4. The first-order chi connectivity index (χ1) is 11.0. The van der Waals surface area contributed by atoms with Crippen molar-refractivity contribution in [2.75, 3.05) is 20.1 Å². The number of likely N-dealkylation sites (tertiary alicyclic amines) is 2. The molecule has 126 valence electrons. The lowest BCUT2D eigenvalue weighted by molar-refractivity contribution is -0.137. The molecule has 2 atom stereocenters. The van der Waals surface area contributed by atoms with Gasteiger partial charge in [-0.1, -0.05) is 0 Å². The number of carbonyl (C=O) groups excluding carboxylic acids is 2. The van der Waals surface area contributed by atoms with E-state index in [1.54, 1.807) is 4.68 Å². The molecule has 0 saturated carbocycles. The van der Waals surface area contributed by atoms with Gasteiger partial charge in [0.15, 0.2) is 0 Å². The highest BCUT2D eigenvalue weighted by Crippen LogP contribution is 2.29. The zero-order valence-electron chi connectivity index (χ0n) is 14.3. The van der Waals surface area contributed by atoms with E-state index in [4.69, 9.17) is 0 Å². The third kappa shape index (κ3) is 3.26. The molecule has 3 rings (SSSR count). The molecule has 0 radical (unpaired) electrons. The van der Waals surface area contributed by atoms with Crippen molar-refractivity contribution < 1.29 is 9.59 Å². The summed E-state index contributed by atoms with van der Waals surface area (Å²) >= 11 is 0. The van der Waals surface area contributed by atoms with E-state index in [0.29, 0.717) is 24.9 Å². The number of aryl methyl sites for hydroxylation is 2. The van der Waals surface area contributed by atoms with Gasteiger partial charge in [-0.3, -0.25) is 14.3 Å². The van der Waals surface area contributed by atoms with Crippen LogP contribution in [0.15, 0.2) is 6.07 Å². The van der Waals surface area contributed by atoms with Crippen LogP contribution in [0.5, 0.6) is 0 Å². The zero-order valence-corrected chi connectivity index (χ0v) is 14.3. The van der Waals surface area contributed by atoms with Crippen molar-refractivity contribution in [2.45, 2.75) is 52.1 Å². The Hall–Kier alpha value is -1.85. The molecule has 2 aliphatic rings. The molecule has 0 aliphatic carbocycles. The summed E-state index contributed by atoms with van der Waals surface area (Å²) in [6, 6.07) is 2.29. The summed E-state index contributed by atoms with van der Waals surface area (Å²) in [6.07, 6.45) is 3.49. The van der Waals surface area contributed by atoms with Gasteiger partial charge in [-0.15, -0.1) is 0 Å². The Morgan fingerprint density at radius 1 is 1.35 bits per heavy atom. The van der Waals surface area contributed by atoms with Gasteiger partial charge >= 0.3 is 0 Å². The van der Waals surface area contributed by atoms with Crippen molar-refractivity contribution in [3.63, 3.8) is 0 Å². The largest absolute Gasteiger partial charge is 0.342 e. The molecule has 6 heteroatoms. The number of aromatic nitrogens is 2. The van der Waals surface area contributed by atoms with Crippen molar-refractivity contribution in [2.24, 2.45) is 5.92 Å². The lowest BCUT2D eigenvalue weighted by Crippen LogP contribution is -2.52. The van der Waals surface area contributed by atoms with Crippen LogP contribution < -0.4 is 0 Å². The summed E-state index contributed by atoms with van der Waals surface area (Å²) < 4.78 is 1.78. The van der Waals surface area contributed by atoms with Crippen LogP contribution in [0.3, 0.4) is 0 Å². The maximum absolute atomic E-state index is 12.6. The molecule has 2 saturated heterocycles. The molecule has 23 heavy (non-hydrogen) atoms. The lowest BCUT2D eigenvalue weighted by Gasteiger charge is -2.41. The maximum Gasteiger partial charge on any atom is 0.244 e. The third-order valence-electron chi connectivity index (χ3n) is 5.29. The van der Waals surface area contributed by atoms with Gasteiger partial charge in [0.05, 0.1) is 5.69 Å². The highest BCUT2D eigenvalue weighted by atomic mass is 16.2. The average molecular weight is 318 g/mol. The van der Waals surface area contributed by atoms with E-state index >= 15 is 0 Å². The van der Waals surface area contributed by atoms with Crippen LogP contribution in [-0.2, 0) is 16.1 Å². The predicted molar refractivity (Wildman–Crippen MR) is 86.8 cm³/mol. The van der Waals surface area contributed by atoms with E-state index in [1.165, 1.54) is 0 Å². The third-order valence-corrected chi connectivity index (χ3v) is 5.29. The second-order valence-electron chi connectivity index (χ2n) is 6.94. The minimum atomic E-state index is 0.132. The topological polar surface area (TPSA) is 58.4 Å². The summed E-state index contributed by atoms with van der Waals surface area (Å²) in [4.78, 5) is 28.5. The number of piperidine rings is 1. The van der Waals surface area contributed by atoms with Crippen molar-refractivity contribution in [1.29, 1.82) is 0 Å². The van der Waals surface area contributed by atoms with Crippen LogP contribution in [0.2, 0.25) is 0 Å². The molecular weight excluding hydrogens is 292 g/mol. The van der Waals surface area contributed by atoms with Crippen molar-refractivity contribution in [3.05, 3.63) is 17.5 Å². The minimum Gasteiger partial charge on any atom is -0.342 e.